The second kappa shape index (κ2) is 4.84. The molecule has 1 atom stereocenters. The molecule has 3 nitrogen and oxygen atoms in total. The molecule has 0 spiro atoms. The highest BCUT2D eigenvalue weighted by Gasteiger charge is 2.21. The van der Waals surface area contributed by atoms with Gasteiger partial charge in [0.05, 0.1) is 0 Å². The van der Waals surface area contributed by atoms with E-state index in [1.165, 1.54) is 0 Å². The molecule has 78 valence electrons. The lowest BCUT2D eigenvalue weighted by Crippen LogP contribution is -2.13. The van der Waals surface area contributed by atoms with E-state index >= 15 is 0 Å². The number of hydrogen-bond donors (Lipinski definition) is 1. The first-order chi connectivity index (χ1) is 6.65. The summed E-state index contributed by atoms with van der Waals surface area (Å²) in [7, 11) is 0. The maximum atomic E-state index is 10.4. The summed E-state index contributed by atoms with van der Waals surface area (Å²) in [5, 5.41) is 8.52. The number of hydrogen-bond acceptors (Lipinski definition) is 2. The summed E-state index contributed by atoms with van der Waals surface area (Å²) in [5.74, 6) is 1.05. The minimum atomic E-state index is -1.21. The predicted octanol–water partition coefficient (Wildman–Crippen LogP) is 3.33. The average molecular weight is 196 g/mol. The van der Waals surface area contributed by atoms with Gasteiger partial charge in [0.25, 0.3) is 0 Å². The summed E-state index contributed by atoms with van der Waals surface area (Å²) in [4.78, 5) is 10.4. The van der Waals surface area contributed by atoms with E-state index in [1.54, 1.807) is 0 Å². The quantitative estimate of drug-likeness (QED) is 0.556. The van der Waals surface area contributed by atoms with Crippen LogP contribution in [0.15, 0.2) is 24.0 Å². The molecule has 0 saturated carbocycles. The van der Waals surface area contributed by atoms with Gasteiger partial charge in [-0.2, -0.15) is 0 Å². The van der Waals surface area contributed by atoms with E-state index in [0.717, 1.165) is 31.3 Å². The summed E-state index contributed by atoms with van der Waals surface area (Å²) in [6.07, 6.45) is 4.41. The molecule has 1 N–H and O–H groups in total. The van der Waals surface area contributed by atoms with E-state index in [4.69, 9.17) is 9.84 Å². The van der Waals surface area contributed by atoms with E-state index < -0.39 is 6.16 Å². The molecule has 0 aromatic rings. The smallest absolute Gasteiger partial charge is 0.449 e. The number of carboxylic acid groups (broad SMARTS) is 1. The van der Waals surface area contributed by atoms with Crippen LogP contribution in [0.3, 0.4) is 0 Å². The molecule has 0 fully saturated rings. The van der Waals surface area contributed by atoms with E-state index in [9.17, 15) is 4.79 Å². The number of rotatable bonds is 3. The van der Waals surface area contributed by atoms with Crippen molar-refractivity contribution < 1.29 is 14.6 Å². The first-order valence-corrected chi connectivity index (χ1v) is 4.86. The first kappa shape index (κ1) is 10.8. The monoisotopic (exact) mass is 196 g/mol. The van der Waals surface area contributed by atoms with Crippen LogP contribution in [-0.4, -0.2) is 11.3 Å². The number of ether oxygens (including phenoxy) is 1. The Morgan fingerprint density at radius 3 is 3.07 bits per heavy atom. The fourth-order valence-corrected chi connectivity index (χ4v) is 1.88. The van der Waals surface area contributed by atoms with Gasteiger partial charge in [0.2, 0.25) is 0 Å². The van der Waals surface area contributed by atoms with Gasteiger partial charge in [0, 0.05) is 6.42 Å². The van der Waals surface area contributed by atoms with Crippen molar-refractivity contribution in [1.82, 2.24) is 0 Å². The van der Waals surface area contributed by atoms with Gasteiger partial charge in [-0.1, -0.05) is 6.08 Å². The third kappa shape index (κ3) is 2.62. The molecule has 0 radical (unpaired) electrons. The lowest BCUT2D eigenvalue weighted by molar-refractivity contribution is 0.112. The first-order valence-electron chi connectivity index (χ1n) is 4.86. The SMILES string of the molecule is C=CCC1CCCC(OC(=O)O)=C1C. The maximum Gasteiger partial charge on any atom is 0.511 e. The zero-order valence-electron chi connectivity index (χ0n) is 8.45. The molecular weight excluding hydrogens is 180 g/mol. The fraction of sp³-hybridized carbons (Fsp3) is 0.545. The van der Waals surface area contributed by atoms with Crippen molar-refractivity contribution in [2.24, 2.45) is 5.92 Å². The Bertz CT molecular complexity index is 266. The molecular formula is C11H16O3. The summed E-state index contributed by atoms with van der Waals surface area (Å²) >= 11 is 0. The molecule has 1 aliphatic carbocycles. The molecule has 1 aliphatic rings. The molecule has 0 heterocycles. The van der Waals surface area contributed by atoms with Gasteiger partial charge >= 0.3 is 6.16 Å². The minimum Gasteiger partial charge on any atom is -0.449 e. The Labute approximate surface area is 84.1 Å². The summed E-state index contributed by atoms with van der Waals surface area (Å²) < 4.78 is 4.74. The molecule has 0 amide bonds. The Morgan fingerprint density at radius 1 is 1.79 bits per heavy atom. The number of allylic oxidation sites excluding steroid dienone is 3. The van der Waals surface area contributed by atoms with Crippen LogP contribution in [0, 0.1) is 5.92 Å². The van der Waals surface area contributed by atoms with Crippen molar-refractivity contribution in [3.8, 4) is 0 Å². The molecule has 3 heteroatoms. The van der Waals surface area contributed by atoms with E-state index in [1.807, 2.05) is 13.0 Å². The van der Waals surface area contributed by atoms with Crippen molar-refractivity contribution >= 4 is 6.16 Å². The van der Waals surface area contributed by atoms with Crippen molar-refractivity contribution in [1.29, 1.82) is 0 Å². The lowest BCUT2D eigenvalue weighted by Gasteiger charge is -2.24. The minimum absolute atomic E-state index is 0.413. The Balaban J connectivity index is 2.74. The van der Waals surface area contributed by atoms with Gasteiger partial charge in [-0.05, 0) is 37.7 Å². The second-order valence-electron chi connectivity index (χ2n) is 3.59. The summed E-state index contributed by atoms with van der Waals surface area (Å²) in [5.41, 5.74) is 1.07. The molecule has 0 bridgehead atoms. The third-order valence-corrected chi connectivity index (χ3v) is 2.67. The zero-order valence-corrected chi connectivity index (χ0v) is 8.45. The highest BCUT2D eigenvalue weighted by Crippen LogP contribution is 2.32. The van der Waals surface area contributed by atoms with Crippen LogP contribution in [-0.2, 0) is 4.74 Å². The van der Waals surface area contributed by atoms with Crippen LogP contribution < -0.4 is 0 Å². The Kier molecular flexibility index (Phi) is 3.74. The number of carbonyl (C=O) groups is 1. The van der Waals surface area contributed by atoms with Crippen molar-refractivity contribution in [3.63, 3.8) is 0 Å². The van der Waals surface area contributed by atoms with Gasteiger partial charge < -0.3 is 9.84 Å². The van der Waals surface area contributed by atoms with Crippen LogP contribution in [0.2, 0.25) is 0 Å². The third-order valence-electron chi connectivity index (χ3n) is 2.67. The molecule has 1 rings (SSSR count). The van der Waals surface area contributed by atoms with Crippen LogP contribution in [0.5, 0.6) is 0 Å². The van der Waals surface area contributed by atoms with Crippen molar-refractivity contribution in [3.05, 3.63) is 24.0 Å². The summed E-state index contributed by atoms with van der Waals surface area (Å²) in [6.45, 7) is 5.65. The standard InChI is InChI=1S/C11H16O3/c1-3-5-9-6-4-7-10(8(9)2)14-11(12)13/h3,9H,1,4-7H2,2H3,(H,12,13). The van der Waals surface area contributed by atoms with Crippen molar-refractivity contribution in [2.75, 3.05) is 0 Å². The van der Waals surface area contributed by atoms with E-state index in [0.29, 0.717) is 11.7 Å². The largest absolute Gasteiger partial charge is 0.511 e. The molecule has 0 aromatic carbocycles. The fourth-order valence-electron chi connectivity index (χ4n) is 1.88. The van der Waals surface area contributed by atoms with Gasteiger partial charge in [0.1, 0.15) is 5.76 Å². The molecule has 0 saturated heterocycles. The van der Waals surface area contributed by atoms with Gasteiger partial charge in [-0.15, -0.1) is 6.58 Å². The van der Waals surface area contributed by atoms with Gasteiger partial charge in [-0.25, -0.2) is 4.79 Å². The summed E-state index contributed by atoms with van der Waals surface area (Å²) in [6, 6.07) is 0. The van der Waals surface area contributed by atoms with Crippen LogP contribution in [0.1, 0.15) is 32.6 Å². The lowest BCUT2D eigenvalue weighted by atomic mass is 9.85. The van der Waals surface area contributed by atoms with Crippen LogP contribution in [0.4, 0.5) is 4.79 Å². The molecule has 1 unspecified atom stereocenters. The molecule has 14 heavy (non-hydrogen) atoms. The van der Waals surface area contributed by atoms with Crippen molar-refractivity contribution in [2.45, 2.75) is 32.6 Å². The highest BCUT2D eigenvalue weighted by atomic mass is 16.7. The Morgan fingerprint density at radius 2 is 2.50 bits per heavy atom. The zero-order chi connectivity index (χ0) is 10.6. The Hall–Kier alpha value is -1.25. The molecule has 0 aromatic heterocycles. The van der Waals surface area contributed by atoms with Gasteiger partial charge in [-0.3, -0.25) is 0 Å². The van der Waals surface area contributed by atoms with Crippen LogP contribution in [0.25, 0.3) is 0 Å². The van der Waals surface area contributed by atoms with Gasteiger partial charge in [0.15, 0.2) is 0 Å². The van der Waals surface area contributed by atoms with E-state index in [2.05, 4.69) is 6.58 Å². The maximum absolute atomic E-state index is 10.4. The molecule has 0 aliphatic heterocycles. The highest BCUT2D eigenvalue weighted by molar-refractivity contribution is 5.58. The van der Waals surface area contributed by atoms with E-state index in [-0.39, 0.29) is 0 Å². The second-order valence-corrected chi connectivity index (χ2v) is 3.59. The predicted molar refractivity (Wildman–Crippen MR) is 54.0 cm³/mol. The van der Waals surface area contributed by atoms with Crippen LogP contribution >= 0.6 is 0 Å². The average Bonchev–Trinajstić information content (AvgIpc) is 2.11. The topological polar surface area (TPSA) is 46.5 Å². The normalized spacial score (nSPS) is 21.9.